The smallest absolute Gasteiger partial charge is 0.295 e. The molecule has 8 heteroatoms. The number of rotatable bonds is 9. The molecule has 7 nitrogen and oxygen atoms in total. The maximum atomic E-state index is 13.8. The van der Waals surface area contributed by atoms with E-state index >= 15 is 0 Å². The Kier molecular flexibility index (Phi) is 7.29. The molecule has 1 aliphatic rings. The van der Waals surface area contributed by atoms with Crippen molar-refractivity contribution >= 4 is 34.2 Å². The highest BCUT2D eigenvalue weighted by molar-refractivity contribution is 6.31. The van der Waals surface area contributed by atoms with Gasteiger partial charge in [-0.25, -0.2) is 0 Å². The van der Waals surface area contributed by atoms with E-state index in [9.17, 15) is 9.59 Å². The molecule has 0 saturated heterocycles. The second-order valence-electron chi connectivity index (χ2n) is 9.06. The van der Waals surface area contributed by atoms with Crippen LogP contribution in [0.1, 0.15) is 53.9 Å². The number of methoxy groups -OCH3 is 2. The van der Waals surface area contributed by atoms with Crippen molar-refractivity contribution in [3.8, 4) is 17.2 Å². The van der Waals surface area contributed by atoms with Crippen LogP contribution in [-0.4, -0.2) is 26.7 Å². The highest BCUT2D eigenvalue weighted by Crippen LogP contribution is 2.44. The molecule has 2 heterocycles. The molecular weight excluding hydrogens is 506 g/mol. The Morgan fingerprint density at radius 1 is 0.947 bits per heavy atom. The van der Waals surface area contributed by atoms with Crippen molar-refractivity contribution in [3.63, 3.8) is 0 Å². The van der Waals surface area contributed by atoms with Crippen molar-refractivity contribution in [3.05, 3.63) is 92.8 Å². The molecule has 1 unspecified atom stereocenters. The Balaban J connectivity index is 1.68. The van der Waals surface area contributed by atoms with Crippen LogP contribution < -0.4 is 24.5 Å². The molecular formula is C30H28ClNO6. The monoisotopic (exact) mass is 533 g/mol. The first-order chi connectivity index (χ1) is 18.5. The van der Waals surface area contributed by atoms with Gasteiger partial charge >= 0.3 is 0 Å². The first kappa shape index (κ1) is 25.7. The second-order valence-corrected chi connectivity index (χ2v) is 9.50. The van der Waals surface area contributed by atoms with E-state index in [0.29, 0.717) is 51.1 Å². The van der Waals surface area contributed by atoms with Gasteiger partial charge in [0.1, 0.15) is 11.3 Å². The summed E-state index contributed by atoms with van der Waals surface area (Å²) in [5.74, 6) is 1.26. The number of fused-ring (bicyclic) bond motifs is 2. The summed E-state index contributed by atoms with van der Waals surface area (Å²) in [7, 11) is 3.12. The largest absolute Gasteiger partial charge is 0.497 e. The van der Waals surface area contributed by atoms with E-state index in [0.717, 1.165) is 19.3 Å². The lowest BCUT2D eigenvalue weighted by atomic mass is 9.97. The molecule has 1 aliphatic heterocycles. The zero-order chi connectivity index (χ0) is 26.8. The fourth-order valence-electron chi connectivity index (χ4n) is 4.79. The second kappa shape index (κ2) is 10.8. The van der Waals surface area contributed by atoms with Gasteiger partial charge in [0.05, 0.1) is 37.8 Å². The minimum Gasteiger partial charge on any atom is -0.497 e. The van der Waals surface area contributed by atoms with E-state index in [1.165, 1.54) is 0 Å². The van der Waals surface area contributed by atoms with E-state index in [2.05, 4.69) is 6.92 Å². The molecule has 0 spiro atoms. The van der Waals surface area contributed by atoms with Crippen LogP contribution in [0.15, 0.2) is 69.9 Å². The maximum absolute atomic E-state index is 13.8. The number of halogens is 1. The van der Waals surface area contributed by atoms with Crippen LogP contribution in [0.5, 0.6) is 17.2 Å². The average Bonchev–Trinajstić information content (AvgIpc) is 3.23. The fraction of sp³-hybridized carbons (Fsp3) is 0.267. The number of unbranched alkanes of at least 4 members (excludes halogenated alkanes) is 2. The SMILES string of the molecule is CCCCCOc1ccc(C2c3c(oc4ccc(Cl)cc4c3=O)C(=O)N2c2cccc(OC)c2)cc1OC. The van der Waals surface area contributed by atoms with Crippen LogP contribution in [0.4, 0.5) is 5.69 Å². The molecule has 0 bridgehead atoms. The summed E-state index contributed by atoms with van der Waals surface area (Å²) in [5.41, 5.74) is 1.46. The Morgan fingerprint density at radius 3 is 2.55 bits per heavy atom. The normalized spacial score (nSPS) is 14.6. The van der Waals surface area contributed by atoms with Gasteiger partial charge < -0.3 is 18.6 Å². The summed E-state index contributed by atoms with van der Waals surface area (Å²) >= 11 is 6.20. The van der Waals surface area contributed by atoms with Gasteiger partial charge in [0, 0.05) is 16.8 Å². The van der Waals surface area contributed by atoms with Gasteiger partial charge in [0.25, 0.3) is 5.91 Å². The van der Waals surface area contributed by atoms with Crippen LogP contribution in [0.2, 0.25) is 5.02 Å². The minimum absolute atomic E-state index is 0.00324. The molecule has 3 aromatic carbocycles. The lowest BCUT2D eigenvalue weighted by Crippen LogP contribution is -2.29. The van der Waals surface area contributed by atoms with Gasteiger partial charge in [-0.3, -0.25) is 14.5 Å². The zero-order valence-electron chi connectivity index (χ0n) is 21.5. The molecule has 1 amide bonds. The first-order valence-electron chi connectivity index (χ1n) is 12.5. The molecule has 0 fully saturated rings. The van der Waals surface area contributed by atoms with E-state index < -0.39 is 11.9 Å². The maximum Gasteiger partial charge on any atom is 0.295 e. The van der Waals surface area contributed by atoms with E-state index in [1.54, 1.807) is 67.7 Å². The molecule has 5 rings (SSSR count). The van der Waals surface area contributed by atoms with Crippen LogP contribution >= 0.6 is 11.6 Å². The highest BCUT2D eigenvalue weighted by Gasteiger charge is 2.44. The number of amides is 1. The van der Waals surface area contributed by atoms with Crippen molar-refractivity contribution in [2.75, 3.05) is 25.7 Å². The summed E-state index contributed by atoms with van der Waals surface area (Å²) in [6, 6.07) is 16.6. The van der Waals surface area contributed by atoms with Crippen molar-refractivity contribution < 1.29 is 23.4 Å². The summed E-state index contributed by atoms with van der Waals surface area (Å²) in [6.45, 7) is 2.71. The van der Waals surface area contributed by atoms with E-state index in [4.69, 9.17) is 30.2 Å². The third-order valence-corrected chi connectivity index (χ3v) is 6.91. The Morgan fingerprint density at radius 2 is 1.79 bits per heavy atom. The third-order valence-electron chi connectivity index (χ3n) is 6.67. The number of carbonyl (C=O) groups is 1. The molecule has 38 heavy (non-hydrogen) atoms. The molecule has 1 atom stereocenters. The molecule has 0 aliphatic carbocycles. The standard InChI is InChI=1S/C30H28ClNO6/c1-4-5-6-14-37-24-12-10-18(15-25(24)36-3)27-26-28(33)22-16-19(31)11-13-23(22)38-29(26)30(34)32(27)20-8-7-9-21(17-20)35-2/h7-13,15-17,27H,4-6,14H2,1-3H3. The van der Waals surface area contributed by atoms with E-state index in [-0.39, 0.29) is 16.8 Å². The van der Waals surface area contributed by atoms with Crippen molar-refractivity contribution in [1.82, 2.24) is 0 Å². The van der Waals surface area contributed by atoms with Crippen LogP contribution in [0.25, 0.3) is 11.0 Å². The van der Waals surface area contributed by atoms with E-state index in [1.807, 2.05) is 12.1 Å². The summed E-state index contributed by atoms with van der Waals surface area (Å²) < 4.78 is 23.0. The topological polar surface area (TPSA) is 78.2 Å². The number of hydrogen-bond donors (Lipinski definition) is 0. The number of hydrogen-bond acceptors (Lipinski definition) is 6. The van der Waals surface area contributed by atoms with Crippen LogP contribution in [0.3, 0.4) is 0 Å². The Bertz CT molecular complexity index is 1560. The number of benzene rings is 3. The van der Waals surface area contributed by atoms with Crippen LogP contribution in [-0.2, 0) is 0 Å². The van der Waals surface area contributed by atoms with Gasteiger partial charge in [-0.2, -0.15) is 0 Å². The number of anilines is 1. The quantitative estimate of drug-likeness (QED) is 0.221. The lowest BCUT2D eigenvalue weighted by molar-refractivity contribution is 0.0971. The lowest BCUT2D eigenvalue weighted by Gasteiger charge is -2.26. The van der Waals surface area contributed by atoms with Gasteiger partial charge in [-0.1, -0.05) is 43.5 Å². The Labute approximate surface area is 225 Å². The highest BCUT2D eigenvalue weighted by atomic mass is 35.5. The fourth-order valence-corrected chi connectivity index (χ4v) is 4.97. The molecule has 0 N–H and O–H groups in total. The van der Waals surface area contributed by atoms with Crippen molar-refractivity contribution in [2.24, 2.45) is 0 Å². The van der Waals surface area contributed by atoms with Crippen LogP contribution in [0, 0.1) is 0 Å². The molecule has 0 radical (unpaired) electrons. The predicted octanol–water partition coefficient (Wildman–Crippen LogP) is 6.78. The summed E-state index contributed by atoms with van der Waals surface area (Å²) in [5, 5.41) is 0.714. The average molecular weight is 534 g/mol. The molecule has 196 valence electrons. The third kappa shape index (κ3) is 4.58. The molecule has 0 saturated carbocycles. The van der Waals surface area contributed by atoms with Gasteiger partial charge in [0.2, 0.25) is 5.76 Å². The Hall–Kier alpha value is -3.97. The number of nitrogens with zero attached hydrogens (tertiary/aromatic N) is 1. The van der Waals surface area contributed by atoms with Crippen molar-refractivity contribution in [1.29, 1.82) is 0 Å². The summed E-state index contributed by atoms with van der Waals surface area (Å²) in [4.78, 5) is 29.2. The zero-order valence-corrected chi connectivity index (χ0v) is 22.2. The van der Waals surface area contributed by atoms with Gasteiger partial charge in [-0.05, 0) is 54.4 Å². The summed E-state index contributed by atoms with van der Waals surface area (Å²) in [6.07, 6.45) is 3.11. The predicted molar refractivity (Wildman–Crippen MR) is 147 cm³/mol. The first-order valence-corrected chi connectivity index (χ1v) is 12.9. The van der Waals surface area contributed by atoms with Gasteiger partial charge in [-0.15, -0.1) is 0 Å². The van der Waals surface area contributed by atoms with Gasteiger partial charge in [0.15, 0.2) is 16.9 Å². The number of ether oxygens (including phenoxy) is 3. The van der Waals surface area contributed by atoms with Crippen molar-refractivity contribution in [2.45, 2.75) is 32.2 Å². The minimum atomic E-state index is -0.771. The molecule has 1 aromatic heterocycles. The molecule has 4 aromatic rings. The number of carbonyl (C=O) groups excluding carboxylic acids is 1.